The molecule has 2 heterocycles. The summed E-state index contributed by atoms with van der Waals surface area (Å²) in [6.07, 6.45) is 0. The number of benzene rings is 2. The van der Waals surface area contributed by atoms with E-state index < -0.39 is 17.4 Å². The quantitative estimate of drug-likeness (QED) is 0.632. The molecule has 4 rings (SSSR count). The van der Waals surface area contributed by atoms with Gasteiger partial charge in [-0.3, -0.25) is 14.4 Å². The fourth-order valence-electron chi connectivity index (χ4n) is 5.21. The van der Waals surface area contributed by atoms with Crippen molar-refractivity contribution in [3.8, 4) is 0 Å². The number of esters is 1. The highest BCUT2D eigenvalue weighted by atomic mass is 16.5. The molecule has 3 atom stereocenters. The average molecular weight is 451 g/mol. The lowest BCUT2D eigenvalue weighted by atomic mass is 9.72. The second-order valence-corrected chi connectivity index (χ2v) is 8.77. The Labute approximate surface area is 194 Å². The SMILES string of the molecule is CCOC(=O)[C@H]1CN(C(=O)c2ccc(C)cc2)[C@]2(C)C(=O)N(CCOC)c3ccccc3[C@H]12. The zero-order chi connectivity index (χ0) is 23.8. The molecule has 0 radical (unpaired) electrons. The van der Waals surface area contributed by atoms with Gasteiger partial charge in [-0.25, -0.2) is 0 Å². The number of fused-ring (bicyclic) bond motifs is 3. The smallest absolute Gasteiger partial charge is 0.311 e. The van der Waals surface area contributed by atoms with Crippen molar-refractivity contribution in [1.29, 1.82) is 0 Å². The zero-order valence-electron chi connectivity index (χ0n) is 19.5. The summed E-state index contributed by atoms with van der Waals surface area (Å²) in [6, 6.07) is 14.9. The number of carbonyl (C=O) groups is 3. The van der Waals surface area contributed by atoms with Crippen LogP contribution in [-0.4, -0.2) is 61.6 Å². The molecule has 0 spiro atoms. The predicted molar refractivity (Wildman–Crippen MR) is 124 cm³/mol. The molecule has 0 aliphatic carbocycles. The van der Waals surface area contributed by atoms with Gasteiger partial charge in [0.2, 0.25) is 0 Å². The van der Waals surface area contributed by atoms with Crippen molar-refractivity contribution in [2.45, 2.75) is 32.2 Å². The first-order chi connectivity index (χ1) is 15.8. The van der Waals surface area contributed by atoms with Gasteiger partial charge in [0, 0.05) is 37.4 Å². The van der Waals surface area contributed by atoms with Crippen LogP contribution in [0.2, 0.25) is 0 Å². The van der Waals surface area contributed by atoms with Crippen molar-refractivity contribution in [2.24, 2.45) is 5.92 Å². The number of rotatable bonds is 6. The fraction of sp³-hybridized carbons (Fsp3) is 0.423. The number of para-hydroxylation sites is 1. The monoisotopic (exact) mass is 450 g/mol. The second-order valence-electron chi connectivity index (χ2n) is 8.77. The predicted octanol–water partition coefficient (Wildman–Crippen LogP) is 3.17. The molecule has 0 unspecified atom stereocenters. The number of amides is 2. The molecule has 1 saturated heterocycles. The maximum atomic E-state index is 14.0. The summed E-state index contributed by atoms with van der Waals surface area (Å²) in [6.45, 7) is 6.55. The van der Waals surface area contributed by atoms with Crippen LogP contribution in [0.3, 0.4) is 0 Å². The highest BCUT2D eigenvalue weighted by Gasteiger charge is 2.63. The molecule has 2 aromatic rings. The Morgan fingerprint density at radius 2 is 1.82 bits per heavy atom. The minimum absolute atomic E-state index is 0.116. The van der Waals surface area contributed by atoms with Gasteiger partial charge in [0.1, 0.15) is 5.54 Å². The first-order valence-corrected chi connectivity index (χ1v) is 11.3. The maximum Gasteiger partial charge on any atom is 0.311 e. The van der Waals surface area contributed by atoms with Crippen molar-refractivity contribution in [1.82, 2.24) is 4.90 Å². The van der Waals surface area contributed by atoms with Gasteiger partial charge in [-0.2, -0.15) is 0 Å². The minimum atomic E-state index is -1.23. The Balaban J connectivity index is 1.86. The van der Waals surface area contributed by atoms with E-state index in [1.165, 1.54) is 0 Å². The van der Waals surface area contributed by atoms with E-state index in [2.05, 4.69) is 0 Å². The lowest BCUT2D eigenvalue weighted by Gasteiger charge is -2.46. The maximum absolute atomic E-state index is 14.0. The molecule has 7 heteroatoms. The molecule has 2 aromatic carbocycles. The third kappa shape index (κ3) is 3.70. The van der Waals surface area contributed by atoms with E-state index >= 15 is 0 Å². The van der Waals surface area contributed by atoms with Crippen LogP contribution in [0, 0.1) is 12.8 Å². The van der Waals surface area contributed by atoms with Crippen LogP contribution >= 0.6 is 0 Å². The van der Waals surface area contributed by atoms with E-state index in [0.717, 1.165) is 16.8 Å². The highest BCUT2D eigenvalue weighted by molar-refractivity contribution is 6.09. The van der Waals surface area contributed by atoms with Crippen LogP contribution in [-0.2, 0) is 19.1 Å². The van der Waals surface area contributed by atoms with E-state index in [4.69, 9.17) is 9.47 Å². The van der Waals surface area contributed by atoms with Crippen molar-refractivity contribution in [3.05, 3.63) is 65.2 Å². The van der Waals surface area contributed by atoms with E-state index in [0.29, 0.717) is 18.7 Å². The number of likely N-dealkylation sites (tertiary alicyclic amines) is 1. The van der Waals surface area contributed by atoms with Gasteiger partial charge >= 0.3 is 5.97 Å². The lowest BCUT2D eigenvalue weighted by molar-refractivity contribution is -0.148. The van der Waals surface area contributed by atoms with E-state index in [1.807, 2.05) is 43.3 Å². The lowest BCUT2D eigenvalue weighted by Crippen LogP contribution is -2.62. The van der Waals surface area contributed by atoms with Crippen LogP contribution in [0.25, 0.3) is 0 Å². The molecule has 2 amide bonds. The van der Waals surface area contributed by atoms with Crippen LogP contribution in [0.5, 0.6) is 0 Å². The Hall–Kier alpha value is -3.19. The average Bonchev–Trinajstić information content (AvgIpc) is 3.14. The molecule has 0 bridgehead atoms. The molecular weight excluding hydrogens is 420 g/mol. The van der Waals surface area contributed by atoms with Gasteiger partial charge in [-0.1, -0.05) is 35.9 Å². The molecule has 33 heavy (non-hydrogen) atoms. The van der Waals surface area contributed by atoms with Gasteiger partial charge in [-0.15, -0.1) is 0 Å². The van der Waals surface area contributed by atoms with Crippen LogP contribution in [0.15, 0.2) is 48.5 Å². The molecule has 0 saturated carbocycles. The Kier molecular flexibility index (Phi) is 6.26. The number of aryl methyl sites for hydroxylation is 1. The summed E-state index contributed by atoms with van der Waals surface area (Å²) in [7, 11) is 1.59. The van der Waals surface area contributed by atoms with Crippen LogP contribution in [0.1, 0.15) is 41.3 Å². The van der Waals surface area contributed by atoms with Crippen molar-refractivity contribution in [3.63, 3.8) is 0 Å². The third-order valence-corrected chi connectivity index (χ3v) is 6.84. The summed E-state index contributed by atoms with van der Waals surface area (Å²) in [5.74, 6) is -2.02. The second kappa shape index (κ2) is 8.98. The summed E-state index contributed by atoms with van der Waals surface area (Å²) < 4.78 is 10.6. The molecular formula is C26H30N2O5. The first-order valence-electron chi connectivity index (χ1n) is 11.3. The topological polar surface area (TPSA) is 76.2 Å². The summed E-state index contributed by atoms with van der Waals surface area (Å²) in [4.78, 5) is 44.1. The summed E-state index contributed by atoms with van der Waals surface area (Å²) >= 11 is 0. The molecule has 0 aromatic heterocycles. The number of hydrogen-bond donors (Lipinski definition) is 0. The molecule has 174 valence electrons. The van der Waals surface area contributed by atoms with Crippen molar-refractivity contribution < 1.29 is 23.9 Å². The van der Waals surface area contributed by atoms with Gasteiger partial charge in [0.15, 0.2) is 0 Å². The van der Waals surface area contributed by atoms with Crippen LogP contribution in [0.4, 0.5) is 5.69 Å². The molecule has 0 N–H and O–H groups in total. The number of ether oxygens (including phenoxy) is 2. The fourth-order valence-corrected chi connectivity index (χ4v) is 5.21. The molecule has 7 nitrogen and oxygen atoms in total. The number of hydrogen-bond acceptors (Lipinski definition) is 5. The highest BCUT2D eigenvalue weighted by Crippen LogP contribution is 2.53. The number of carbonyl (C=O) groups excluding carboxylic acids is 3. The van der Waals surface area contributed by atoms with Gasteiger partial charge < -0.3 is 19.3 Å². The summed E-state index contributed by atoms with van der Waals surface area (Å²) in [5.41, 5.74) is 1.91. The van der Waals surface area contributed by atoms with E-state index in [9.17, 15) is 14.4 Å². The number of methoxy groups -OCH3 is 1. The van der Waals surface area contributed by atoms with Crippen molar-refractivity contribution in [2.75, 3.05) is 38.3 Å². The number of anilines is 1. The van der Waals surface area contributed by atoms with Crippen LogP contribution < -0.4 is 4.90 Å². The largest absolute Gasteiger partial charge is 0.466 e. The normalized spacial score (nSPS) is 23.8. The molecule has 2 aliphatic rings. The Morgan fingerprint density at radius 3 is 2.48 bits per heavy atom. The van der Waals surface area contributed by atoms with Crippen molar-refractivity contribution >= 4 is 23.5 Å². The van der Waals surface area contributed by atoms with Gasteiger partial charge in [0.25, 0.3) is 11.8 Å². The van der Waals surface area contributed by atoms with E-state index in [-0.39, 0.29) is 30.9 Å². The molecule has 2 aliphatic heterocycles. The molecule has 1 fully saturated rings. The van der Waals surface area contributed by atoms with Gasteiger partial charge in [-0.05, 0) is 44.5 Å². The zero-order valence-corrected chi connectivity index (χ0v) is 19.5. The van der Waals surface area contributed by atoms with Gasteiger partial charge in [0.05, 0.1) is 19.1 Å². The van der Waals surface area contributed by atoms with E-state index in [1.54, 1.807) is 42.9 Å². The first kappa shape index (κ1) is 23.0. The standard InChI is InChI=1S/C26H30N2O5/c1-5-33-24(30)20-16-28(23(29)18-12-10-17(2)11-13-18)26(3)22(20)19-8-6-7-9-21(19)27(25(26)31)14-15-32-4/h6-13,20,22H,5,14-16H2,1-4H3/t20-,22+,26-/m0/s1. The summed E-state index contributed by atoms with van der Waals surface area (Å²) in [5, 5.41) is 0. The minimum Gasteiger partial charge on any atom is -0.466 e. The Bertz CT molecular complexity index is 1070. The Morgan fingerprint density at radius 1 is 1.12 bits per heavy atom. The number of nitrogens with zero attached hydrogens (tertiary/aromatic N) is 2. The third-order valence-electron chi connectivity index (χ3n) is 6.84.